The number of hydrogen-bond acceptors (Lipinski definition) is 4. The molecule has 1 atom stereocenters. The van der Waals surface area contributed by atoms with Gasteiger partial charge in [-0.25, -0.2) is 8.42 Å². The Morgan fingerprint density at radius 1 is 1.38 bits per heavy atom. The summed E-state index contributed by atoms with van der Waals surface area (Å²) >= 11 is 0. The third-order valence-electron chi connectivity index (χ3n) is 2.40. The molecule has 5 nitrogen and oxygen atoms in total. The number of aromatic amines is 1. The first kappa shape index (κ1) is 11.1. The zero-order valence-electron chi connectivity index (χ0n) is 8.25. The van der Waals surface area contributed by atoms with Gasteiger partial charge in [-0.1, -0.05) is 18.2 Å². The summed E-state index contributed by atoms with van der Waals surface area (Å²) in [6.07, 6.45) is 1.40. The Balaban J connectivity index is 2.35. The lowest BCUT2D eigenvalue weighted by molar-refractivity contribution is 0.231. The summed E-state index contributed by atoms with van der Waals surface area (Å²) in [7, 11) is -4.66. The molecule has 16 heavy (non-hydrogen) atoms. The average molecular weight is 240 g/mol. The topological polar surface area (TPSA) is 93.2 Å². The number of nitrogens with one attached hydrogen (secondary N) is 1. The highest BCUT2D eigenvalue weighted by atomic mass is 32.2. The van der Waals surface area contributed by atoms with E-state index >= 15 is 0 Å². The quantitative estimate of drug-likeness (QED) is 0.767. The monoisotopic (exact) mass is 240 g/mol. The summed E-state index contributed by atoms with van der Waals surface area (Å²) < 4.78 is 31.7. The maximum absolute atomic E-state index is 10.6. The lowest BCUT2D eigenvalue weighted by atomic mass is 10.1. The number of fused-ring (bicyclic) bond motifs is 1. The van der Waals surface area contributed by atoms with Gasteiger partial charge in [0.05, 0.1) is 0 Å². The molecule has 0 saturated heterocycles. The van der Waals surface area contributed by atoms with E-state index in [2.05, 4.69) is 4.98 Å². The van der Waals surface area contributed by atoms with Crippen molar-refractivity contribution in [2.24, 2.45) is 0 Å². The fourth-order valence-corrected chi connectivity index (χ4v) is 1.97. The van der Waals surface area contributed by atoms with Crippen molar-refractivity contribution in [3.63, 3.8) is 0 Å². The molecule has 2 aromatic rings. The van der Waals surface area contributed by atoms with Crippen molar-refractivity contribution in [3.05, 3.63) is 36.0 Å². The van der Waals surface area contributed by atoms with E-state index in [0.717, 1.165) is 10.9 Å². The fraction of sp³-hybridized carbons (Fsp3) is 0.200. The van der Waals surface area contributed by atoms with Crippen molar-refractivity contribution in [2.45, 2.75) is 11.9 Å². The van der Waals surface area contributed by atoms with Crippen LogP contribution in [0.25, 0.3) is 10.9 Å². The van der Waals surface area contributed by atoms with Gasteiger partial charge in [0.1, 0.15) is 15.6 Å². The lowest BCUT2D eigenvalue weighted by Gasteiger charge is -2.13. The van der Waals surface area contributed by atoms with Gasteiger partial charge in [-0.2, -0.15) is 0 Å². The summed E-state index contributed by atoms with van der Waals surface area (Å²) in [6, 6.07) is 7.27. The Kier molecular flexibility index (Phi) is 2.71. The Hall–Kier alpha value is -1.37. The fourth-order valence-electron chi connectivity index (χ4n) is 1.59. The number of para-hydroxylation sites is 1. The molecule has 1 aromatic carbocycles. The minimum absolute atomic E-state index is 0.199. The molecule has 0 bridgehead atoms. The third-order valence-corrected chi connectivity index (χ3v) is 3.24. The molecule has 6 heteroatoms. The highest BCUT2D eigenvalue weighted by Gasteiger charge is 2.14. The molecule has 0 saturated carbocycles. The van der Waals surface area contributed by atoms with Gasteiger partial charge in [0.15, 0.2) is 0 Å². The molecule has 0 aliphatic carbocycles. The first-order chi connectivity index (χ1) is 7.48. The molecule has 0 radical (unpaired) electrons. The van der Waals surface area contributed by atoms with Crippen molar-refractivity contribution < 1.29 is 18.1 Å². The number of aliphatic hydroxyl groups excluding tert-OH is 1. The Morgan fingerprint density at radius 2 is 2.06 bits per heavy atom. The Labute approximate surface area is 92.5 Å². The molecule has 1 aromatic heterocycles. The van der Waals surface area contributed by atoms with Crippen molar-refractivity contribution in [3.8, 4) is 0 Å². The van der Waals surface area contributed by atoms with Gasteiger partial charge in [0, 0.05) is 23.5 Å². The highest BCUT2D eigenvalue weighted by molar-refractivity contribution is 7.86. The van der Waals surface area contributed by atoms with E-state index in [1.54, 1.807) is 18.3 Å². The number of aliphatic hydroxyl groups is 1. The summed E-state index contributed by atoms with van der Waals surface area (Å²) in [5.41, 5.74) is -0.442. The van der Waals surface area contributed by atoms with Crippen LogP contribution < -0.4 is 0 Å². The van der Waals surface area contributed by atoms with E-state index in [9.17, 15) is 18.1 Å². The van der Waals surface area contributed by atoms with E-state index in [0.29, 0.717) is 5.56 Å². The van der Waals surface area contributed by atoms with Gasteiger partial charge in [-0.05, 0) is 11.6 Å². The molecule has 2 rings (SSSR count). The predicted octanol–water partition coefficient (Wildman–Crippen LogP) is 0.574. The molecule has 0 fully saturated rings. The lowest BCUT2D eigenvalue weighted by Crippen LogP contribution is -2.22. The van der Waals surface area contributed by atoms with Gasteiger partial charge < -0.3 is 14.6 Å². The molecular weight excluding hydrogens is 230 g/mol. The maximum Gasteiger partial charge on any atom is 0.147 e. The molecule has 0 aliphatic rings. The zero-order valence-corrected chi connectivity index (χ0v) is 9.07. The molecule has 2 N–H and O–H groups in total. The van der Waals surface area contributed by atoms with Gasteiger partial charge in [-0.3, -0.25) is 0 Å². The first-order valence-electron chi connectivity index (χ1n) is 4.66. The standard InChI is InChI=1S/C10H11NO4S/c12-10(16(13,14)15)5-7-6-11-9-4-2-1-3-8(7)9/h1-4,6,10-12H,5H2,(H,13,14,15)/p-1. The normalized spacial score (nSPS) is 14.1. The van der Waals surface area contributed by atoms with Crippen LogP contribution in [-0.2, 0) is 16.5 Å². The average Bonchev–Trinajstić information content (AvgIpc) is 2.61. The molecule has 1 unspecified atom stereocenters. The van der Waals surface area contributed by atoms with Gasteiger partial charge in [-0.15, -0.1) is 0 Å². The van der Waals surface area contributed by atoms with E-state index in [4.69, 9.17) is 0 Å². The molecule has 86 valence electrons. The second-order valence-electron chi connectivity index (χ2n) is 3.51. The van der Waals surface area contributed by atoms with Crippen molar-refractivity contribution >= 4 is 21.0 Å². The van der Waals surface area contributed by atoms with Crippen molar-refractivity contribution in [1.82, 2.24) is 4.98 Å². The van der Waals surface area contributed by atoms with Crippen molar-refractivity contribution in [1.29, 1.82) is 0 Å². The second kappa shape index (κ2) is 3.89. The molecule has 0 amide bonds. The number of benzene rings is 1. The van der Waals surface area contributed by atoms with Crippen LogP contribution in [0.2, 0.25) is 0 Å². The smallest absolute Gasteiger partial charge is 0.147 e. The van der Waals surface area contributed by atoms with Gasteiger partial charge in [0.2, 0.25) is 0 Å². The van der Waals surface area contributed by atoms with E-state index < -0.39 is 15.6 Å². The minimum Gasteiger partial charge on any atom is -0.746 e. The van der Waals surface area contributed by atoms with Crippen LogP contribution in [0.5, 0.6) is 0 Å². The summed E-state index contributed by atoms with van der Waals surface area (Å²) in [5.74, 6) is 0. The zero-order chi connectivity index (χ0) is 11.8. The van der Waals surface area contributed by atoms with Crippen LogP contribution in [0.4, 0.5) is 0 Å². The number of hydrogen-bond donors (Lipinski definition) is 2. The SMILES string of the molecule is O=S(=O)([O-])C(O)Cc1c[nH]c2ccccc12. The van der Waals surface area contributed by atoms with Crippen LogP contribution in [0.1, 0.15) is 5.56 Å². The summed E-state index contributed by atoms with van der Waals surface area (Å²) in [6.45, 7) is 0. The maximum atomic E-state index is 10.6. The third kappa shape index (κ3) is 2.08. The largest absolute Gasteiger partial charge is 0.746 e. The van der Waals surface area contributed by atoms with Crippen molar-refractivity contribution in [2.75, 3.05) is 0 Å². The Bertz CT molecular complexity index is 602. The van der Waals surface area contributed by atoms with Crippen LogP contribution in [0.15, 0.2) is 30.5 Å². The van der Waals surface area contributed by atoms with Crippen LogP contribution in [0.3, 0.4) is 0 Å². The summed E-state index contributed by atoms with van der Waals surface area (Å²) in [4.78, 5) is 2.94. The highest BCUT2D eigenvalue weighted by Crippen LogP contribution is 2.19. The second-order valence-corrected chi connectivity index (χ2v) is 5.04. The van der Waals surface area contributed by atoms with Gasteiger partial charge in [0.25, 0.3) is 0 Å². The molecular formula is C10H10NO4S-. The Morgan fingerprint density at radius 3 is 2.75 bits per heavy atom. The van der Waals surface area contributed by atoms with E-state index in [1.807, 2.05) is 12.1 Å². The van der Waals surface area contributed by atoms with Gasteiger partial charge >= 0.3 is 0 Å². The number of H-pyrrole nitrogens is 1. The molecule has 0 aliphatic heterocycles. The number of aromatic nitrogens is 1. The molecule has 0 spiro atoms. The predicted molar refractivity (Wildman–Crippen MR) is 57.7 cm³/mol. The van der Waals surface area contributed by atoms with Crippen LogP contribution >= 0.6 is 0 Å². The van der Waals surface area contributed by atoms with Crippen LogP contribution in [0, 0.1) is 0 Å². The van der Waals surface area contributed by atoms with E-state index in [-0.39, 0.29) is 6.42 Å². The first-order valence-corrected chi connectivity index (χ1v) is 6.13. The van der Waals surface area contributed by atoms with E-state index in [1.165, 1.54) is 0 Å². The minimum atomic E-state index is -4.66. The number of rotatable bonds is 3. The molecule has 1 heterocycles. The van der Waals surface area contributed by atoms with Crippen LogP contribution in [-0.4, -0.2) is 28.5 Å². The summed E-state index contributed by atoms with van der Waals surface area (Å²) in [5, 5.41) is 10.0.